The third kappa shape index (κ3) is 7.28. The number of carbonyl (C=O) groups is 1. The number of benzene rings is 1. The van der Waals surface area contributed by atoms with Gasteiger partial charge in [0.1, 0.15) is 5.60 Å². The van der Waals surface area contributed by atoms with E-state index in [1.54, 1.807) is 20.8 Å². The summed E-state index contributed by atoms with van der Waals surface area (Å²) in [7, 11) is -4.08. The SMILES string of the molecule is CC(C)(C)OC(=O)Nc1cc(Cl)ccc1COS(N)(=O)=O. The Morgan fingerprint density at radius 3 is 2.52 bits per heavy atom. The number of hydrogen-bond donors (Lipinski definition) is 2. The summed E-state index contributed by atoms with van der Waals surface area (Å²) in [5.74, 6) is 0. The van der Waals surface area contributed by atoms with Gasteiger partial charge in [0, 0.05) is 10.6 Å². The second kappa shape index (κ2) is 6.61. The van der Waals surface area contributed by atoms with Gasteiger partial charge in [0.25, 0.3) is 0 Å². The number of carbonyl (C=O) groups excluding carboxylic acids is 1. The van der Waals surface area contributed by atoms with E-state index in [4.69, 9.17) is 21.5 Å². The van der Waals surface area contributed by atoms with E-state index in [0.717, 1.165) is 0 Å². The van der Waals surface area contributed by atoms with E-state index in [-0.39, 0.29) is 12.3 Å². The minimum Gasteiger partial charge on any atom is -0.444 e. The average Bonchev–Trinajstić information content (AvgIpc) is 2.23. The van der Waals surface area contributed by atoms with E-state index in [9.17, 15) is 13.2 Å². The van der Waals surface area contributed by atoms with Gasteiger partial charge in [-0.25, -0.2) is 9.93 Å². The quantitative estimate of drug-likeness (QED) is 0.877. The molecule has 0 aliphatic rings. The minimum atomic E-state index is -4.08. The van der Waals surface area contributed by atoms with Gasteiger partial charge in [0.15, 0.2) is 0 Å². The van der Waals surface area contributed by atoms with Crippen molar-refractivity contribution >= 4 is 33.7 Å². The fourth-order valence-electron chi connectivity index (χ4n) is 1.35. The van der Waals surface area contributed by atoms with Crippen LogP contribution >= 0.6 is 11.6 Å². The number of anilines is 1. The summed E-state index contributed by atoms with van der Waals surface area (Å²) in [5.41, 5.74) is -0.000372. The van der Waals surface area contributed by atoms with Crippen molar-refractivity contribution in [1.82, 2.24) is 0 Å². The molecule has 0 aliphatic carbocycles. The molecule has 0 radical (unpaired) electrons. The lowest BCUT2D eigenvalue weighted by Gasteiger charge is -2.20. The highest BCUT2D eigenvalue weighted by atomic mass is 35.5. The molecule has 0 saturated carbocycles. The predicted octanol–water partition coefficient (Wildman–Crippen LogP) is 2.41. The maximum absolute atomic E-state index is 11.7. The van der Waals surface area contributed by atoms with Gasteiger partial charge in [-0.05, 0) is 32.9 Å². The molecule has 1 aromatic rings. The predicted molar refractivity (Wildman–Crippen MR) is 79.2 cm³/mol. The molecule has 0 fully saturated rings. The zero-order chi connectivity index (χ0) is 16.3. The minimum absolute atomic E-state index is 0.278. The van der Waals surface area contributed by atoms with Gasteiger partial charge in [-0.3, -0.25) is 9.50 Å². The molecule has 7 nitrogen and oxygen atoms in total. The average molecular weight is 337 g/mol. The van der Waals surface area contributed by atoms with E-state index < -0.39 is 22.0 Å². The summed E-state index contributed by atoms with van der Waals surface area (Å²) in [6, 6.07) is 4.50. The topological polar surface area (TPSA) is 108 Å². The lowest BCUT2D eigenvalue weighted by molar-refractivity contribution is 0.0635. The molecule has 1 aromatic carbocycles. The Balaban J connectivity index is 2.89. The van der Waals surface area contributed by atoms with Crippen LogP contribution in [0.1, 0.15) is 26.3 Å². The summed E-state index contributed by atoms with van der Waals surface area (Å²) in [5, 5.41) is 7.60. The van der Waals surface area contributed by atoms with Crippen molar-refractivity contribution in [3.8, 4) is 0 Å². The number of nitrogens with two attached hydrogens (primary N) is 1. The number of hydrogen-bond acceptors (Lipinski definition) is 5. The molecular weight excluding hydrogens is 320 g/mol. The van der Waals surface area contributed by atoms with Gasteiger partial charge < -0.3 is 4.74 Å². The first kappa shape index (κ1) is 17.7. The van der Waals surface area contributed by atoms with Crippen LogP contribution in [0.15, 0.2) is 18.2 Å². The number of rotatable bonds is 4. The Kier molecular flexibility index (Phi) is 5.57. The van der Waals surface area contributed by atoms with Crippen LogP contribution in [0.3, 0.4) is 0 Å². The molecule has 0 saturated heterocycles. The molecule has 21 heavy (non-hydrogen) atoms. The van der Waals surface area contributed by atoms with Crippen LogP contribution < -0.4 is 10.5 Å². The van der Waals surface area contributed by atoms with Crippen molar-refractivity contribution in [2.75, 3.05) is 5.32 Å². The molecule has 0 bridgehead atoms. The van der Waals surface area contributed by atoms with Crippen LogP contribution in [-0.4, -0.2) is 20.1 Å². The molecule has 0 aliphatic heterocycles. The zero-order valence-corrected chi connectivity index (χ0v) is 13.4. The first-order valence-corrected chi connectivity index (χ1v) is 7.77. The zero-order valence-electron chi connectivity index (χ0n) is 11.8. The first-order chi connectivity index (χ1) is 9.46. The fourth-order valence-corrected chi connectivity index (χ4v) is 1.81. The molecule has 1 amide bonds. The number of halogens is 1. The van der Waals surface area contributed by atoms with Crippen LogP contribution in [-0.2, 0) is 25.8 Å². The molecule has 0 aromatic heterocycles. The van der Waals surface area contributed by atoms with E-state index in [0.29, 0.717) is 10.6 Å². The van der Waals surface area contributed by atoms with Crippen molar-refractivity contribution in [3.63, 3.8) is 0 Å². The van der Waals surface area contributed by atoms with Gasteiger partial charge in [-0.15, -0.1) is 0 Å². The van der Waals surface area contributed by atoms with Crippen LogP contribution in [0, 0.1) is 0 Å². The van der Waals surface area contributed by atoms with Gasteiger partial charge >= 0.3 is 16.4 Å². The third-order valence-corrected chi connectivity index (χ3v) is 2.77. The Morgan fingerprint density at radius 2 is 2.00 bits per heavy atom. The molecule has 3 N–H and O–H groups in total. The van der Waals surface area contributed by atoms with E-state index in [2.05, 4.69) is 9.50 Å². The van der Waals surface area contributed by atoms with Crippen LogP contribution in [0.2, 0.25) is 5.02 Å². The summed E-state index contributed by atoms with van der Waals surface area (Å²) in [6.07, 6.45) is -0.693. The maximum Gasteiger partial charge on any atom is 0.412 e. The normalized spacial score (nSPS) is 12.0. The molecule has 0 unspecified atom stereocenters. The van der Waals surface area contributed by atoms with E-state index in [1.807, 2.05) is 0 Å². The molecule has 0 spiro atoms. The highest BCUT2D eigenvalue weighted by Gasteiger charge is 2.18. The summed E-state index contributed by atoms with van der Waals surface area (Å²) >= 11 is 5.85. The summed E-state index contributed by atoms with van der Waals surface area (Å²) in [6.45, 7) is 4.82. The summed E-state index contributed by atoms with van der Waals surface area (Å²) < 4.78 is 31.2. The maximum atomic E-state index is 11.7. The highest BCUT2D eigenvalue weighted by molar-refractivity contribution is 7.84. The van der Waals surface area contributed by atoms with Gasteiger partial charge in [-0.2, -0.15) is 8.42 Å². The number of amides is 1. The third-order valence-electron chi connectivity index (χ3n) is 2.09. The molecule has 0 heterocycles. The van der Waals surface area contributed by atoms with Gasteiger partial charge in [-0.1, -0.05) is 17.7 Å². The number of ether oxygens (including phenoxy) is 1. The van der Waals surface area contributed by atoms with Gasteiger partial charge in [0.05, 0.1) is 12.3 Å². The second-order valence-corrected chi connectivity index (χ2v) is 6.84. The fraction of sp³-hybridized carbons (Fsp3) is 0.417. The van der Waals surface area contributed by atoms with Crippen molar-refractivity contribution < 1.29 is 22.1 Å². The smallest absolute Gasteiger partial charge is 0.412 e. The van der Waals surface area contributed by atoms with Crippen LogP contribution in [0.5, 0.6) is 0 Å². The number of nitrogens with one attached hydrogen (secondary N) is 1. The highest BCUT2D eigenvalue weighted by Crippen LogP contribution is 2.23. The van der Waals surface area contributed by atoms with Crippen LogP contribution in [0.25, 0.3) is 0 Å². The lowest BCUT2D eigenvalue weighted by Crippen LogP contribution is -2.27. The molecule has 0 atom stereocenters. The summed E-state index contributed by atoms with van der Waals surface area (Å²) in [4.78, 5) is 11.7. The molecule has 1 rings (SSSR count). The van der Waals surface area contributed by atoms with Crippen molar-refractivity contribution in [2.45, 2.75) is 33.0 Å². The first-order valence-electron chi connectivity index (χ1n) is 5.92. The lowest BCUT2D eigenvalue weighted by atomic mass is 10.2. The monoisotopic (exact) mass is 336 g/mol. The second-order valence-electron chi connectivity index (χ2n) is 5.18. The molecular formula is C12H17ClN2O5S. The van der Waals surface area contributed by atoms with Gasteiger partial charge in [0.2, 0.25) is 0 Å². The van der Waals surface area contributed by atoms with E-state index in [1.165, 1.54) is 18.2 Å². The molecule has 9 heteroatoms. The Morgan fingerprint density at radius 1 is 1.38 bits per heavy atom. The van der Waals surface area contributed by atoms with E-state index >= 15 is 0 Å². The Bertz CT molecular complexity index is 625. The Hall–Kier alpha value is -1.35. The van der Waals surface area contributed by atoms with Crippen molar-refractivity contribution in [3.05, 3.63) is 28.8 Å². The molecule has 118 valence electrons. The van der Waals surface area contributed by atoms with Crippen molar-refractivity contribution in [2.24, 2.45) is 5.14 Å². The standard InChI is InChI=1S/C12H17ClN2O5S/c1-12(2,3)20-11(16)15-10-6-9(13)5-4-8(10)7-19-21(14,17)18/h4-6H,7H2,1-3H3,(H,15,16)(H2,14,17,18). The largest absolute Gasteiger partial charge is 0.444 e. The van der Waals surface area contributed by atoms with Crippen molar-refractivity contribution in [1.29, 1.82) is 0 Å². The van der Waals surface area contributed by atoms with Crippen LogP contribution in [0.4, 0.5) is 10.5 Å². The Labute approximate surface area is 128 Å².